The van der Waals surface area contributed by atoms with Gasteiger partial charge in [-0.1, -0.05) is 24.3 Å². The lowest BCUT2D eigenvalue weighted by Crippen LogP contribution is -2.35. The van der Waals surface area contributed by atoms with Gasteiger partial charge in [0.05, 0.1) is 12.2 Å². The van der Waals surface area contributed by atoms with Crippen LogP contribution in [0.15, 0.2) is 61.2 Å². The van der Waals surface area contributed by atoms with Crippen molar-refractivity contribution in [3.05, 3.63) is 67.0 Å². The van der Waals surface area contributed by atoms with Crippen molar-refractivity contribution in [2.45, 2.75) is 6.92 Å². The lowest BCUT2D eigenvalue weighted by molar-refractivity contribution is -0.117. The van der Waals surface area contributed by atoms with Crippen LogP contribution in [0, 0.1) is 5.82 Å². The molecule has 130 valence electrons. The first-order chi connectivity index (χ1) is 12.0. The predicted octanol–water partition coefficient (Wildman–Crippen LogP) is 3.42. The monoisotopic (exact) mass is 341 g/mol. The summed E-state index contributed by atoms with van der Waals surface area (Å²) in [5.74, 6) is -0.984. The minimum atomic E-state index is -0.503. The zero-order valence-corrected chi connectivity index (χ0v) is 14.0. The molecule has 2 amide bonds. The fourth-order valence-electron chi connectivity index (χ4n) is 2.30. The summed E-state index contributed by atoms with van der Waals surface area (Å²) >= 11 is 0. The van der Waals surface area contributed by atoms with Gasteiger partial charge in [0.1, 0.15) is 5.82 Å². The van der Waals surface area contributed by atoms with Crippen LogP contribution in [0.5, 0.6) is 0 Å². The molecule has 6 heteroatoms. The van der Waals surface area contributed by atoms with Crippen LogP contribution in [0.3, 0.4) is 0 Å². The fraction of sp³-hybridized carbons (Fsp3) is 0.158. The van der Waals surface area contributed by atoms with Crippen molar-refractivity contribution in [2.24, 2.45) is 0 Å². The van der Waals surface area contributed by atoms with E-state index in [9.17, 15) is 14.0 Å². The molecule has 2 aromatic carbocycles. The van der Waals surface area contributed by atoms with Crippen molar-refractivity contribution < 1.29 is 14.0 Å². The number of benzene rings is 2. The maximum Gasteiger partial charge on any atom is 0.246 e. The lowest BCUT2D eigenvalue weighted by atomic mass is 10.2. The van der Waals surface area contributed by atoms with Gasteiger partial charge in [-0.15, -0.1) is 6.58 Å². The summed E-state index contributed by atoms with van der Waals surface area (Å²) in [4.78, 5) is 25.2. The van der Waals surface area contributed by atoms with Gasteiger partial charge in [0, 0.05) is 24.8 Å². The molecule has 0 radical (unpaired) electrons. The smallest absolute Gasteiger partial charge is 0.246 e. The van der Waals surface area contributed by atoms with Gasteiger partial charge in [-0.25, -0.2) is 4.39 Å². The molecule has 2 N–H and O–H groups in total. The number of halogens is 1. The van der Waals surface area contributed by atoms with E-state index in [1.54, 1.807) is 11.0 Å². The Bertz CT molecular complexity index is 763. The maximum atomic E-state index is 13.9. The fourth-order valence-corrected chi connectivity index (χ4v) is 2.30. The van der Waals surface area contributed by atoms with Crippen molar-refractivity contribution in [3.63, 3.8) is 0 Å². The molecule has 5 nitrogen and oxygen atoms in total. The topological polar surface area (TPSA) is 61.4 Å². The normalized spacial score (nSPS) is 10.0. The second-order valence-corrected chi connectivity index (χ2v) is 5.36. The average Bonchev–Trinajstić information content (AvgIpc) is 2.60. The van der Waals surface area contributed by atoms with Gasteiger partial charge in [0.2, 0.25) is 11.8 Å². The van der Waals surface area contributed by atoms with E-state index < -0.39 is 5.82 Å². The number of carbonyl (C=O) groups is 2. The number of anilines is 3. The molecule has 2 rings (SSSR count). The summed E-state index contributed by atoms with van der Waals surface area (Å²) < 4.78 is 13.9. The number of carbonyl (C=O) groups excluding carboxylic acids is 2. The highest BCUT2D eigenvalue weighted by atomic mass is 19.1. The van der Waals surface area contributed by atoms with Gasteiger partial charge in [0.25, 0.3) is 0 Å². The molecule has 0 spiro atoms. The standard InChI is InChI=1S/C19H20FN3O2/c1-3-11-23(16-7-5-4-6-8-16)19(25)13-21-18-12-15(22-14(2)24)9-10-17(18)20/h3-10,12,21H,1,11,13H2,2H3,(H,22,24). The molecule has 0 saturated carbocycles. The summed E-state index contributed by atoms with van der Waals surface area (Å²) in [6.07, 6.45) is 1.63. The van der Waals surface area contributed by atoms with Crippen molar-refractivity contribution in [1.29, 1.82) is 0 Å². The first kappa shape index (κ1) is 18.2. The highest BCUT2D eigenvalue weighted by molar-refractivity contribution is 5.96. The highest BCUT2D eigenvalue weighted by Crippen LogP contribution is 2.20. The molecule has 0 bridgehead atoms. The number of amides is 2. The third-order valence-corrected chi connectivity index (χ3v) is 3.40. The van der Waals surface area contributed by atoms with Crippen LogP contribution in [0.25, 0.3) is 0 Å². The highest BCUT2D eigenvalue weighted by Gasteiger charge is 2.15. The maximum absolute atomic E-state index is 13.9. The number of para-hydroxylation sites is 1. The number of nitrogens with one attached hydrogen (secondary N) is 2. The van der Waals surface area contributed by atoms with E-state index in [0.29, 0.717) is 12.2 Å². The molecular formula is C19H20FN3O2. The van der Waals surface area contributed by atoms with E-state index in [0.717, 1.165) is 5.69 Å². The van der Waals surface area contributed by atoms with Crippen molar-refractivity contribution in [2.75, 3.05) is 28.6 Å². The second kappa shape index (κ2) is 8.63. The summed E-state index contributed by atoms with van der Waals surface area (Å²) in [5, 5.41) is 5.36. The van der Waals surface area contributed by atoms with E-state index >= 15 is 0 Å². The molecule has 0 unspecified atom stereocenters. The minimum Gasteiger partial charge on any atom is -0.374 e. The summed E-state index contributed by atoms with van der Waals surface area (Å²) in [6, 6.07) is 13.3. The van der Waals surface area contributed by atoms with E-state index in [1.165, 1.54) is 25.1 Å². The van der Waals surface area contributed by atoms with Crippen molar-refractivity contribution in [3.8, 4) is 0 Å². The molecule has 2 aromatic rings. The minimum absolute atomic E-state index is 0.0941. The Hall–Kier alpha value is -3.15. The first-order valence-corrected chi connectivity index (χ1v) is 7.78. The molecular weight excluding hydrogens is 321 g/mol. The Balaban J connectivity index is 2.09. The van der Waals surface area contributed by atoms with Gasteiger partial charge in [0.15, 0.2) is 0 Å². The molecule has 0 aromatic heterocycles. The molecule has 0 saturated heterocycles. The van der Waals surface area contributed by atoms with E-state index in [1.807, 2.05) is 30.3 Å². The number of rotatable bonds is 7. The Morgan fingerprint density at radius 2 is 1.92 bits per heavy atom. The van der Waals surface area contributed by atoms with E-state index in [4.69, 9.17) is 0 Å². The Morgan fingerprint density at radius 1 is 1.20 bits per heavy atom. The second-order valence-electron chi connectivity index (χ2n) is 5.36. The van der Waals surface area contributed by atoms with Gasteiger partial charge in [-0.2, -0.15) is 0 Å². The molecule has 25 heavy (non-hydrogen) atoms. The van der Waals surface area contributed by atoms with Crippen LogP contribution >= 0.6 is 0 Å². The number of nitrogens with zero attached hydrogens (tertiary/aromatic N) is 1. The predicted molar refractivity (Wildman–Crippen MR) is 98.2 cm³/mol. The van der Waals surface area contributed by atoms with Crippen LogP contribution in [0.2, 0.25) is 0 Å². The van der Waals surface area contributed by atoms with E-state index in [2.05, 4.69) is 17.2 Å². The van der Waals surface area contributed by atoms with Crippen LogP contribution in [0.4, 0.5) is 21.5 Å². The summed E-state index contributed by atoms with van der Waals surface area (Å²) in [7, 11) is 0. The molecule has 0 aliphatic heterocycles. The Kier molecular flexibility index (Phi) is 6.28. The molecule has 0 heterocycles. The molecule has 0 fully saturated rings. The summed E-state index contributed by atoms with van der Waals surface area (Å²) in [6.45, 7) is 5.29. The largest absolute Gasteiger partial charge is 0.374 e. The quantitative estimate of drug-likeness (QED) is 0.759. The molecule has 0 aliphatic carbocycles. The van der Waals surface area contributed by atoms with Crippen LogP contribution in [-0.4, -0.2) is 24.9 Å². The SMILES string of the molecule is C=CCN(C(=O)CNc1cc(NC(C)=O)ccc1F)c1ccccc1. The zero-order valence-electron chi connectivity index (χ0n) is 14.0. The number of hydrogen-bond donors (Lipinski definition) is 2. The first-order valence-electron chi connectivity index (χ1n) is 7.78. The Morgan fingerprint density at radius 3 is 2.56 bits per heavy atom. The number of hydrogen-bond acceptors (Lipinski definition) is 3. The van der Waals surface area contributed by atoms with Crippen molar-refractivity contribution >= 4 is 28.9 Å². The lowest BCUT2D eigenvalue weighted by Gasteiger charge is -2.22. The van der Waals surface area contributed by atoms with Gasteiger partial charge < -0.3 is 15.5 Å². The van der Waals surface area contributed by atoms with Gasteiger partial charge in [-0.3, -0.25) is 9.59 Å². The average molecular weight is 341 g/mol. The van der Waals surface area contributed by atoms with Crippen LogP contribution in [0.1, 0.15) is 6.92 Å². The van der Waals surface area contributed by atoms with Gasteiger partial charge >= 0.3 is 0 Å². The summed E-state index contributed by atoms with van der Waals surface area (Å²) in [5.41, 5.74) is 1.34. The van der Waals surface area contributed by atoms with Crippen molar-refractivity contribution in [1.82, 2.24) is 0 Å². The third-order valence-electron chi connectivity index (χ3n) is 3.40. The third kappa shape index (κ3) is 5.17. The van der Waals surface area contributed by atoms with Crippen LogP contribution in [-0.2, 0) is 9.59 Å². The molecule has 0 atom stereocenters. The zero-order chi connectivity index (χ0) is 18.2. The Labute approximate surface area is 146 Å². The van der Waals surface area contributed by atoms with E-state index in [-0.39, 0.29) is 24.0 Å². The van der Waals surface area contributed by atoms with Gasteiger partial charge in [-0.05, 0) is 30.3 Å². The van der Waals surface area contributed by atoms with Crippen LogP contribution < -0.4 is 15.5 Å². The molecule has 0 aliphatic rings.